The summed E-state index contributed by atoms with van der Waals surface area (Å²) in [6.45, 7) is 1.88. The second kappa shape index (κ2) is 8.28. The third kappa shape index (κ3) is 3.37. The molecule has 0 saturated carbocycles. The summed E-state index contributed by atoms with van der Waals surface area (Å²) in [6.07, 6.45) is 0. The van der Waals surface area contributed by atoms with Crippen molar-refractivity contribution < 1.29 is 24.2 Å². The van der Waals surface area contributed by atoms with Gasteiger partial charge < -0.3 is 14.6 Å². The number of thiophene rings is 1. The van der Waals surface area contributed by atoms with Crippen LogP contribution in [0.15, 0.2) is 65.6 Å². The van der Waals surface area contributed by atoms with Gasteiger partial charge in [-0.05, 0) is 42.1 Å². The maximum atomic E-state index is 13.2. The number of rotatable bonds is 5. The highest BCUT2D eigenvalue weighted by molar-refractivity contribution is 7.10. The summed E-state index contributed by atoms with van der Waals surface area (Å²) >= 11 is 1.41. The van der Waals surface area contributed by atoms with Crippen LogP contribution in [0.1, 0.15) is 22.0 Å². The number of aryl methyl sites for hydroxylation is 1. The number of Topliss-reactive ketones (excluding diaryl/α,β-unsaturated/α-hetero) is 1. The number of ketones is 1. The average molecular weight is 436 g/mol. The number of aliphatic hydroxyl groups excluding tert-OH is 1. The zero-order chi connectivity index (χ0) is 22.1. The van der Waals surface area contributed by atoms with Crippen LogP contribution in [0.4, 0.5) is 5.69 Å². The minimum absolute atomic E-state index is 0.00139. The highest BCUT2D eigenvalue weighted by atomic mass is 32.1. The lowest BCUT2D eigenvalue weighted by Gasteiger charge is -2.25. The molecule has 31 heavy (non-hydrogen) atoms. The van der Waals surface area contributed by atoms with Crippen molar-refractivity contribution in [3.63, 3.8) is 0 Å². The molecule has 158 valence electrons. The number of ether oxygens (including phenoxy) is 2. The molecule has 1 atom stereocenters. The summed E-state index contributed by atoms with van der Waals surface area (Å²) in [5.41, 5.74) is 1.70. The van der Waals surface area contributed by atoms with Gasteiger partial charge in [-0.25, -0.2) is 0 Å². The first-order valence-corrected chi connectivity index (χ1v) is 10.5. The van der Waals surface area contributed by atoms with Crippen LogP contribution >= 0.6 is 11.3 Å². The maximum Gasteiger partial charge on any atom is 0.300 e. The standard InChI is InChI=1S/C24H21NO5S/c1-14-8-4-5-9-15(14)25-21(18-12-7-13-31-18)20(23(27)24(25)28)22(26)19-16(29-2)10-6-11-17(19)30-3/h4-13,21,26H,1-3H3/b22-20+. The van der Waals surface area contributed by atoms with Crippen molar-refractivity contribution in [2.45, 2.75) is 13.0 Å². The Hall–Kier alpha value is -3.58. The summed E-state index contributed by atoms with van der Waals surface area (Å²) in [5, 5.41) is 13.2. The van der Waals surface area contributed by atoms with Crippen LogP contribution in [0.5, 0.6) is 11.5 Å². The van der Waals surface area contributed by atoms with Crippen molar-refractivity contribution in [3.05, 3.63) is 81.6 Å². The number of hydrogen-bond donors (Lipinski definition) is 1. The van der Waals surface area contributed by atoms with E-state index >= 15 is 0 Å². The summed E-state index contributed by atoms with van der Waals surface area (Å²) in [7, 11) is 2.93. The molecule has 7 heteroatoms. The molecule has 1 aliphatic heterocycles. The molecule has 1 fully saturated rings. The molecule has 6 nitrogen and oxygen atoms in total. The molecule has 1 unspecified atom stereocenters. The Morgan fingerprint density at radius 2 is 1.65 bits per heavy atom. The van der Waals surface area contributed by atoms with Crippen LogP contribution in [0.25, 0.3) is 5.76 Å². The number of amides is 1. The average Bonchev–Trinajstić information content (AvgIpc) is 3.40. The van der Waals surface area contributed by atoms with Crippen molar-refractivity contribution >= 4 is 34.5 Å². The predicted molar refractivity (Wildman–Crippen MR) is 120 cm³/mol. The van der Waals surface area contributed by atoms with Gasteiger partial charge in [-0.2, -0.15) is 0 Å². The third-order valence-electron chi connectivity index (χ3n) is 5.30. The normalized spacial score (nSPS) is 17.8. The molecule has 1 aliphatic rings. The van der Waals surface area contributed by atoms with Gasteiger partial charge in [0, 0.05) is 10.6 Å². The Bertz CT molecular complexity index is 1160. The number of carbonyl (C=O) groups excluding carboxylic acids is 2. The molecule has 1 N–H and O–H groups in total. The number of nitrogens with zero attached hydrogens (tertiary/aromatic N) is 1. The highest BCUT2D eigenvalue weighted by Gasteiger charge is 2.48. The number of anilines is 1. The first kappa shape index (κ1) is 20.7. The van der Waals surface area contributed by atoms with Crippen molar-refractivity contribution in [1.29, 1.82) is 0 Å². The van der Waals surface area contributed by atoms with Gasteiger partial charge in [0.2, 0.25) is 0 Å². The molecular weight excluding hydrogens is 414 g/mol. The molecule has 0 spiro atoms. The van der Waals surface area contributed by atoms with E-state index in [0.717, 1.165) is 10.4 Å². The van der Waals surface area contributed by atoms with Gasteiger partial charge in [-0.3, -0.25) is 14.5 Å². The molecule has 2 aromatic carbocycles. The lowest BCUT2D eigenvalue weighted by Crippen LogP contribution is -2.29. The second-order valence-electron chi connectivity index (χ2n) is 7.01. The van der Waals surface area contributed by atoms with E-state index in [9.17, 15) is 14.7 Å². The number of methoxy groups -OCH3 is 2. The molecule has 1 amide bonds. The fourth-order valence-electron chi connectivity index (χ4n) is 3.85. The number of aliphatic hydroxyl groups is 1. The van der Waals surface area contributed by atoms with Crippen LogP contribution in [0, 0.1) is 6.92 Å². The molecule has 0 bridgehead atoms. The minimum atomic E-state index is -0.768. The Morgan fingerprint density at radius 3 is 2.23 bits per heavy atom. The number of carbonyl (C=O) groups is 2. The van der Waals surface area contributed by atoms with Crippen molar-refractivity contribution in [2.24, 2.45) is 0 Å². The van der Waals surface area contributed by atoms with E-state index in [2.05, 4.69) is 0 Å². The Labute approximate surface area is 184 Å². The predicted octanol–water partition coefficient (Wildman–Crippen LogP) is 4.70. The van der Waals surface area contributed by atoms with E-state index in [4.69, 9.17) is 9.47 Å². The monoisotopic (exact) mass is 435 g/mol. The molecule has 0 radical (unpaired) electrons. The molecule has 4 rings (SSSR count). The Morgan fingerprint density at radius 1 is 0.968 bits per heavy atom. The van der Waals surface area contributed by atoms with Crippen molar-refractivity contribution in [3.8, 4) is 11.5 Å². The van der Waals surface area contributed by atoms with Gasteiger partial charge in [0.15, 0.2) is 0 Å². The van der Waals surface area contributed by atoms with Crippen LogP contribution in [0.3, 0.4) is 0 Å². The van der Waals surface area contributed by atoms with Gasteiger partial charge in [0.05, 0.1) is 19.8 Å². The molecule has 1 aromatic heterocycles. The van der Waals surface area contributed by atoms with Gasteiger partial charge in [-0.15, -0.1) is 11.3 Å². The first-order chi connectivity index (χ1) is 15.0. The van der Waals surface area contributed by atoms with E-state index in [1.807, 2.05) is 42.6 Å². The van der Waals surface area contributed by atoms with E-state index in [0.29, 0.717) is 17.2 Å². The zero-order valence-corrected chi connectivity index (χ0v) is 18.1. The van der Waals surface area contributed by atoms with E-state index in [-0.39, 0.29) is 16.9 Å². The van der Waals surface area contributed by atoms with Crippen LogP contribution in [0.2, 0.25) is 0 Å². The smallest absolute Gasteiger partial charge is 0.300 e. The maximum absolute atomic E-state index is 13.2. The van der Waals surface area contributed by atoms with Crippen LogP contribution in [-0.4, -0.2) is 31.0 Å². The Balaban J connectivity index is 2.01. The molecule has 2 heterocycles. The summed E-state index contributed by atoms with van der Waals surface area (Å²) < 4.78 is 10.8. The summed E-state index contributed by atoms with van der Waals surface area (Å²) in [6, 6.07) is 15.3. The molecule has 0 aliphatic carbocycles. The summed E-state index contributed by atoms with van der Waals surface area (Å²) in [5.74, 6) is -1.11. The fourth-order valence-corrected chi connectivity index (χ4v) is 4.67. The van der Waals surface area contributed by atoms with E-state index in [1.54, 1.807) is 24.3 Å². The highest BCUT2D eigenvalue weighted by Crippen LogP contribution is 2.46. The lowest BCUT2D eigenvalue weighted by atomic mass is 9.98. The fraction of sp³-hybridized carbons (Fsp3) is 0.167. The largest absolute Gasteiger partial charge is 0.506 e. The summed E-state index contributed by atoms with van der Waals surface area (Å²) in [4.78, 5) is 28.6. The third-order valence-corrected chi connectivity index (χ3v) is 6.22. The molecule has 3 aromatic rings. The SMILES string of the molecule is COc1cccc(OC)c1/C(O)=C1\C(=O)C(=O)N(c2ccccc2C)C1c1cccs1. The van der Waals surface area contributed by atoms with E-state index in [1.165, 1.54) is 30.5 Å². The van der Waals surface area contributed by atoms with Crippen molar-refractivity contribution in [1.82, 2.24) is 0 Å². The van der Waals surface area contributed by atoms with Gasteiger partial charge in [0.1, 0.15) is 28.9 Å². The Kier molecular flexibility index (Phi) is 5.52. The topological polar surface area (TPSA) is 76.1 Å². The number of benzene rings is 2. The number of para-hydroxylation sites is 1. The quantitative estimate of drug-likeness (QED) is 0.357. The first-order valence-electron chi connectivity index (χ1n) is 9.61. The van der Waals surface area contributed by atoms with Crippen LogP contribution in [-0.2, 0) is 9.59 Å². The van der Waals surface area contributed by atoms with Crippen molar-refractivity contribution in [2.75, 3.05) is 19.1 Å². The van der Waals surface area contributed by atoms with Gasteiger partial charge in [0.25, 0.3) is 11.7 Å². The van der Waals surface area contributed by atoms with Crippen LogP contribution < -0.4 is 14.4 Å². The number of hydrogen-bond acceptors (Lipinski definition) is 6. The molecule has 1 saturated heterocycles. The van der Waals surface area contributed by atoms with Gasteiger partial charge in [-0.1, -0.05) is 30.3 Å². The molecular formula is C24H21NO5S. The van der Waals surface area contributed by atoms with Gasteiger partial charge >= 0.3 is 0 Å². The lowest BCUT2D eigenvalue weighted by molar-refractivity contribution is -0.132. The zero-order valence-electron chi connectivity index (χ0n) is 17.3. The second-order valence-corrected chi connectivity index (χ2v) is 7.99. The minimum Gasteiger partial charge on any atom is -0.506 e. The van der Waals surface area contributed by atoms with E-state index < -0.39 is 17.7 Å².